The molecule has 1 aliphatic rings. The van der Waals surface area contributed by atoms with Crippen LogP contribution in [0.2, 0.25) is 0 Å². The van der Waals surface area contributed by atoms with Crippen molar-refractivity contribution in [2.45, 2.75) is 6.67 Å². The average molecular weight is 366 g/mol. The Morgan fingerprint density at radius 1 is 0.926 bits per heavy atom. The van der Waals surface area contributed by atoms with E-state index in [9.17, 15) is 13.6 Å². The Morgan fingerprint density at radius 3 is 2.41 bits per heavy atom. The van der Waals surface area contributed by atoms with Crippen LogP contribution in [0, 0.1) is 11.6 Å². The molecule has 27 heavy (non-hydrogen) atoms. The fraction of sp³-hybridized carbons (Fsp3) is 0.0952. The Bertz CT molecular complexity index is 1060. The number of carbonyl (C=O) groups excluding carboxylic acids is 1. The van der Waals surface area contributed by atoms with E-state index in [1.807, 2.05) is 6.07 Å². The van der Waals surface area contributed by atoms with Crippen molar-refractivity contribution >= 4 is 12.0 Å². The summed E-state index contributed by atoms with van der Waals surface area (Å²) < 4.78 is 37.3. The number of hydrogen-bond donors (Lipinski definition) is 0. The first-order valence-electron chi connectivity index (χ1n) is 8.43. The van der Waals surface area contributed by atoms with Crippen LogP contribution in [0.4, 0.5) is 8.78 Å². The molecule has 3 aromatic rings. The van der Waals surface area contributed by atoms with Gasteiger partial charge in [0, 0.05) is 30.3 Å². The van der Waals surface area contributed by atoms with Crippen molar-refractivity contribution in [2.24, 2.45) is 0 Å². The lowest BCUT2D eigenvalue weighted by molar-refractivity contribution is -0.909. The first kappa shape index (κ1) is 17.0. The van der Waals surface area contributed by atoms with Gasteiger partial charge in [0.1, 0.15) is 18.2 Å². The van der Waals surface area contributed by atoms with Crippen LogP contribution in [0.3, 0.4) is 0 Å². The number of nitrogens with zero attached hydrogens (tertiary/aromatic N) is 2. The smallest absolute Gasteiger partial charge is 0.404 e. The number of fused-ring (bicyclic) bond motifs is 4. The number of hydrogen-bond acceptors (Lipinski definition) is 2. The summed E-state index contributed by atoms with van der Waals surface area (Å²) in [6.45, 7) is 0.265. The third-order valence-corrected chi connectivity index (χ3v) is 4.34. The highest BCUT2D eigenvalue weighted by molar-refractivity contribution is 5.85. The molecule has 0 amide bonds. The Hall–Kier alpha value is -3.41. The number of halogens is 2. The highest BCUT2D eigenvalue weighted by atomic mass is 19.1. The quantitative estimate of drug-likeness (QED) is 0.453. The summed E-state index contributed by atoms with van der Waals surface area (Å²) in [5.41, 5.74) is 1.63. The van der Waals surface area contributed by atoms with Crippen LogP contribution in [0.25, 0.3) is 17.3 Å². The Balaban J connectivity index is 1.97. The third kappa shape index (κ3) is 3.33. The van der Waals surface area contributed by atoms with Gasteiger partial charge in [-0.25, -0.2) is 13.6 Å². The van der Waals surface area contributed by atoms with E-state index in [0.717, 1.165) is 6.07 Å². The molecule has 0 radical (unpaired) electrons. The van der Waals surface area contributed by atoms with E-state index in [2.05, 4.69) is 0 Å². The van der Waals surface area contributed by atoms with E-state index in [1.54, 1.807) is 64.0 Å². The normalized spacial score (nSPS) is 14.7. The second-order valence-corrected chi connectivity index (χ2v) is 6.11. The molecule has 0 saturated heterocycles. The maximum atomic E-state index is 14.7. The molecular formula is C21H16F2N2O2+2. The summed E-state index contributed by atoms with van der Waals surface area (Å²) in [6.07, 6.45) is 6.67. The third-order valence-electron chi connectivity index (χ3n) is 4.34. The zero-order valence-electron chi connectivity index (χ0n) is 14.3. The largest absolute Gasteiger partial charge is 0.453 e. The molecule has 2 aromatic heterocycles. The molecular weight excluding hydrogens is 350 g/mol. The van der Waals surface area contributed by atoms with E-state index >= 15 is 0 Å². The Labute approximate surface area is 154 Å². The average Bonchev–Trinajstić information content (AvgIpc) is 2.65. The maximum absolute atomic E-state index is 14.7. The van der Waals surface area contributed by atoms with Crippen molar-refractivity contribution in [3.05, 3.63) is 89.9 Å². The monoisotopic (exact) mass is 366 g/mol. The summed E-state index contributed by atoms with van der Waals surface area (Å²) in [5.74, 6) is -1.78. The van der Waals surface area contributed by atoms with Gasteiger partial charge in [-0.3, -0.25) is 0 Å². The maximum Gasteiger partial charge on any atom is 0.404 e. The van der Waals surface area contributed by atoms with Gasteiger partial charge in [0.05, 0.1) is 5.56 Å². The van der Waals surface area contributed by atoms with Crippen molar-refractivity contribution in [3.63, 3.8) is 0 Å². The van der Waals surface area contributed by atoms with Crippen LogP contribution in [-0.2, 0) is 11.4 Å². The number of esters is 1. The molecule has 4 nitrogen and oxygen atoms in total. The standard InChI is InChI=1S/C21H16F2N2O2/c22-16-12-15-6-5-11-27-21(26)19-8-2-4-10-25(19)14-24-9-3-1-7-18(24)20(15)17(23)13-16/h1-10,12-13H,11,14H2/q+2/b6-5+. The number of cyclic esters (lactones) is 1. The Kier molecular flexibility index (Phi) is 4.46. The van der Waals surface area contributed by atoms with Gasteiger partial charge < -0.3 is 4.74 Å². The molecule has 0 unspecified atom stereocenters. The zero-order valence-corrected chi connectivity index (χ0v) is 14.3. The van der Waals surface area contributed by atoms with Crippen LogP contribution in [0.1, 0.15) is 16.1 Å². The molecule has 0 spiro atoms. The number of aromatic nitrogens is 2. The van der Waals surface area contributed by atoms with E-state index in [4.69, 9.17) is 4.74 Å². The van der Waals surface area contributed by atoms with Crippen molar-refractivity contribution in [2.75, 3.05) is 6.61 Å². The minimum absolute atomic E-state index is 0.0000890. The van der Waals surface area contributed by atoms with Gasteiger partial charge >= 0.3 is 12.6 Å². The van der Waals surface area contributed by atoms with Crippen molar-refractivity contribution in [3.8, 4) is 11.3 Å². The van der Waals surface area contributed by atoms with Gasteiger partial charge in [-0.1, -0.05) is 6.08 Å². The molecule has 1 aromatic carbocycles. The first-order chi connectivity index (χ1) is 13.1. The van der Waals surface area contributed by atoms with Crippen molar-refractivity contribution in [1.82, 2.24) is 0 Å². The minimum atomic E-state index is -0.665. The van der Waals surface area contributed by atoms with Crippen LogP contribution < -0.4 is 9.13 Å². The molecule has 0 bridgehead atoms. The second-order valence-electron chi connectivity index (χ2n) is 6.11. The number of carbonyl (C=O) groups is 1. The molecule has 134 valence electrons. The van der Waals surface area contributed by atoms with E-state index < -0.39 is 17.6 Å². The molecule has 0 saturated carbocycles. The summed E-state index contributed by atoms with van der Waals surface area (Å²) in [7, 11) is 0. The molecule has 0 N–H and O–H groups in total. The predicted octanol–water partition coefficient (Wildman–Crippen LogP) is 2.90. The highest BCUT2D eigenvalue weighted by Gasteiger charge is 2.27. The molecule has 0 atom stereocenters. The molecule has 6 heteroatoms. The summed E-state index contributed by atoms with van der Waals surface area (Å²) >= 11 is 0. The topological polar surface area (TPSA) is 34.1 Å². The molecule has 0 aliphatic carbocycles. The zero-order chi connectivity index (χ0) is 18.8. The number of benzene rings is 1. The van der Waals surface area contributed by atoms with Gasteiger partial charge in [-0.2, -0.15) is 0 Å². The number of pyridine rings is 2. The van der Waals surface area contributed by atoms with Gasteiger partial charge in [-0.15, -0.1) is 9.13 Å². The molecule has 4 rings (SSSR count). The minimum Gasteiger partial charge on any atom is -0.453 e. The number of ether oxygens (including phenoxy) is 1. The summed E-state index contributed by atoms with van der Waals surface area (Å²) in [4.78, 5) is 12.4. The van der Waals surface area contributed by atoms with Crippen LogP contribution in [0.15, 0.2) is 67.0 Å². The highest BCUT2D eigenvalue weighted by Crippen LogP contribution is 2.27. The van der Waals surface area contributed by atoms with E-state index in [-0.39, 0.29) is 13.3 Å². The summed E-state index contributed by atoms with van der Waals surface area (Å²) in [5, 5.41) is 0. The lowest BCUT2D eigenvalue weighted by Crippen LogP contribution is -2.55. The van der Waals surface area contributed by atoms with Gasteiger partial charge in [0.25, 0.3) is 5.69 Å². The van der Waals surface area contributed by atoms with Crippen molar-refractivity contribution < 1.29 is 27.4 Å². The van der Waals surface area contributed by atoms with E-state index in [0.29, 0.717) is 22.5 Å². The van der Waals surface area contributed by atoms with Crippen LogP contribution in [-0.4, -0.2) is 12.6 Å². The molecule has 1 aliphatic heterocycles. The first-order valence-corrected chi connectivity index (χ1v) is 8.43. The Morgan fingerprint density at radius 2 is 1.63 bits per heavy atom. The van der Waals surface area contributed by atoms with Gasteiger partial charge in [0.2, 0.25) is 5.69 Å². The summed E-state index contributed by atoms with van der Waals surface area (Å²) in [6, 6.07) is 12.7. The van der Waals surface area contributed by atoms with Gasteiger partial charge in [0.15, 0.2) is 12.4 Å². The lowest BCUT2D eigenvalue weighted by Gasteiger charge is -2.09. The van der Waals surface area contributed by atoms with Crippen LogP contribution in [0.5, 0.6) is 0 Å². The molecule has 3 heterocycles. The lowest BCUT2D eigenvalue weighted by atomic mass is 10.0. The SMILES string of the molecule is O=C1OC/C=C/c2cc(F)cc(F)c2-c2cccc[n+]2C[n+]2ccccc21. The van der Waals surface area contributed by atoms with Gasteiger partial charge in [-0.05, 0) is 29.8 Å². The number of rotatable bonds is 0. The molecule has 0 fully saturated rings. The van der Waals surface area contributed by atoms with E-state index in [1.165, 1.54) is 6.07 Å². The fourth-order valence-corrected chi connectivity index (χ4v) is 3.14. The predicted molar refractivity (Wildman–Crippen MR) is 93.3 cm³/mol. The second kappa shape index (κ2) is 7.07. The van der Waals surface area contributed by atoms with Crippen molar-refractivity contribution in [1.29, 1.82) is 0 Å². The van der Waals surface area contributed by atoms with Crippen LogP contribution >= 0.6 is 0 Å². The fourth-order valence-electron chi connectivity index (χ4n) is 3.14.